The molecule has 0 aromatic heterocycles. The molecule has 1 saturated carbocycles. The minimum absolute atomic E-state index is 0.00874. The van der Waals surface area contributed by atoms with Crippen molar-refractivity contribution >= 4 is 47.3 Å². The number of carbonyl (C=O) groups is 8. The molecule has 0 spiro atoms. The molecule has 8 amide bonds. The van der Waals surface area contributed by atoms with Crippen LogP contribution in [-0.4, -0.2) is 270 Å². The first kappa shape index (κ1) is 105. The van der Waals surface area contributed by atoms with Gasteiger partial charge in [-0.25, -0.2) is 0 Å². The van der Waals surface area contributed by atoms with Gasteiger partial charge in [-0.05, 0) is 133 Å². The van der Waals surface area contributed by atoms with E-state index in [2.05, 4.69) is 84.1 Å². The monoisotopic (exact) mass is 1660 g/mol. The van der Waals surface area contributed by atoms with E-state index in [0.29, 0.717) is 44.2 Å². The number of nitrogens with one attached hydrogen (secondary N) is 8. The highest BCUT2D eigenvalue weighted by Gasteiger charge is 2.49. The van der Waals surface area contributed by atoms with Crippen molar-refractivity contribution in [3.63, 3.8) is 0 Å². The topological polar surface area (TPSA) is 479 Å². The van der Waals surface area contributed by atoms with Crippen LogP contribution in [0.15, 0.2) is 0 Å². The summed E-state index contributed by atoms with van der Waals surface area (Å²) in [4.78, 5) is 108. The summed E-state index contributed by atoms with van der Waals surface area (Å²) in [5, 5.41) is 117. The second-order valence-corrected chi connectivity index (χ2v) is 40.3. The quantitative estimate of drug-likeness (QED) is 0.0383. The Labute approximate surface area is 691 Å². The Morgan fingerprint density at radius 2 is 0.810 bits per heavy atom. The van der Waals surface area contributed by atoms with Gasteiger partial charge in [-0.15, -0.1) is 0 Å². The lowest BCUT2D eigenvalue weighted by atomic mass is 9.75. The molecular formula is C84H156N8O24. The van der Waals surface area contributed by atoms with E-state index in [9.17, 15) is 84.3 Å². The lowest BCUT2D eigenvalue weighted by molar-refractivity contribution is -0.276. The van der Waals surface area contributed by atoms with Gasteiger partial charge in [0.25, 0.3) is 0 Å². The standard InChI is InChI=1S/C84H156N8O24/c1-51(2)56-26-27-57(34-56)110-47-80(15,16)39-76(7,8)43-85-62(101)24-23-25-66(105)92-84(31-28-63(102)86-44-77(9,10)40-81(17,18)48-111-73(58(35-93)89-53(4)98)114-59(36-94)52(3)97,32-29-64(103)87-45-78(11,12)41-82(19,20)49-112-74-67(90-54(5)99)71(108)69(106)60(37-95)115-74)33-30-65(104)88-46-79(13,14)42-83(21,22)50-113-75-68(91-55(6)100)72(109)70(107)61(38-96)116-75/h51-52,56-61,67-75,93-97,106-109H,23-50H2,1-22H3,(H,85,101)(H,86,102)(H,87,103)(H,88,104)(H,89,98)(H,90,99)(H,91,100)(H,92,105)/t52-,56?,57?,58+,59?,60?,61?,67?,68?,69?,70?,71?,72?,73?,74?,75?,84?/m1/s1. The van der Waals surface area contributed by atoms with Gasteiger partial charge in [-0.2, -0.15) is 0 Å². The molecule has 676 valence electrons. The van der Waals surface area contributed by atoms with Crippen molar-refractivity contribution in [2.45, 2.75) is 353 Å². The Morgan fingerprint density at radius 1 is 0.448 bits per heavy atom. The van der Waals surface area contributed by atoms with E-state index < -0.39 is 192 Å². The average molecular weight is 1660 g/mol. The largest absolute Gasteiger partial charge is 0.394 e. The van der Waals surface area contributed by atoms with Crippen LogP contribution in [0.4, 0.5) is 0 Å². The number of hydrogen-bond donors (Lipinski definition) is 17. The van der Waals surface area contributed by atoms with Gasteiger partial charge in [-0.1, -0.05) is 125 Å². The third-order valence-electron chi connectivity index (χ3n) is 22.0. The fourth-order valence-electron chi connectivity index (χ4n) is 17.1. The fraction of sp³-hybridized carbons (Fsp3) is 0.905. The lowest BCUT2D eigenvalue weighted by Crippen LogP contribution is -2.64. The number of aliphatic hydroxyl groups is 9. The minimum Gasteiger partial charge on any atom is -0.394 e. The summed E-state index contributed by atoms with van der Waals surface area (Å²) in [5.74, 6) is -2.14. The molecule has 2 saturated heterocycles. The van der Waals surface area contributed by atoms with E-state index in [1.807, 2.05) is 83.1 Å². The molecule has 0 bridgehead atoms. The molecule has 0 aromatic rings. The molecule has 0 aromatic carbocycles. The number of aliphatic hydroxyl groups excluding tert-OH is 9. The third-order valence-corrected chi connectivity index (χ3v) is 22.0. The van der Waals surface area contributed by atoms with Crippen molar-refractivity contribution in [3.05, 3.63) is 0 Å². The second-order valence-electron chi connectivity index (χ2n) is 40.3. The predicted octanol–water partition coefficient (Wildman–Crippen LogP) is 3.95. The van der Waals surface area contributed by atoms with E-state index in [1.54, 1.807) is 0 Å². The predicted molar refractivity (Wildman–Crippen MR) is 436 cm³/mol. The lowest BCUT2D eigenvalue weighted by Gasteiger charge is -2.43. The van der Waals surface area contributed by atoms with Crippen LogP contribution in [0.2, 0.25) is 0 Å². The Hall–Kier alpha value is -4.88. The minimum atomic E-state index is -1.51. The van der Waals surface area contributed by atoms with E-state index in [4.69, 9.17) is 33.2 Å². The summed E-state index contributed by atoms with van der Waals surface area (Å²) in [7, 11) is 0. The normalized spacial score (nSPS) is 24.3. The number of hydrogen-bond acceptors (Lipinski definition) is 24. The molecule has 3 aliphatic rings. The van der Waals surface area contributed by atoms with Gasteiger partial charge < -0.3 is 122 Å². The Bertz CT molecular complexity index is 2940. The third kappa shape index (κ3) is 38.9. The van der Waals surface area contributed by atoms with Crippen molar-refractivity contribution in [1.82, 2.24) is 42.5 Å². The van der Waals surface area contributed by atoms with Crippen molar-refractivity contribution in [1.29, 1.82) is 0 Å². The first-order valence-electron chi connectivity index (χ1n) is 41.9. The molecule has 116 heavy (non-hydrogen) atoms. The molecule has 32 nitrogen and oxygen atoms in total. The molecule has 2 heterocycles. The Kier molecular flexibility index (Phi) is 42.6. The first-order chi connectivity index (χ1) is 53.4. The highest BCUT2D eigenvalue weighted by Crippen LogP contribution is 2.41. The van der Waals surface area contributed by atoms with Crippen LogP contribution in [0.5, 0.6) is 0 Å². The number of rotatable bonds is 54. The molecule has 17 N–H and O–H groups in total. The zero-order valence-electron chi connectivity index (χ0n) is 74.3. The maximum atomic E-state index is 14.7. The van der Waals surface area contributed by atoms with Crippen molar-refractivity contribution in [3.8, 4) is 0 Å². The van der Waals surface area contributed by atoms with Gasteiger partial charge in [0.2, 0.25) is 47.3 Å². The van der Waals surface area contributed by atoms with Gasteiger partial charge in [-0.3, -0.25) is 38.4 Å². The first-order valence-corrected chi connectivity index (χ1v) is 41.9. The van der Waals surface area contributed by atoms with Crippen molar-refractivity contribution in [2.75, 3.05) is 79.0 Å². The number of carbonyl (C=O) groups excluding carboxylic acids is 8. The zero-order chi connectivity index (χ0) is 88.3. The van der Waals surface area contributed by atoms with Crippen molar-refractivity contribution in [2.24, 2.45) is 55.2 Å². The van der Waals surface area contributed by atoms with Crippen LogP contribution >= 0.6 is 0 Å². The van der Waals surface area contributed by atoms with Crippen LogP contribution in [0, 0.1) is 55.2 Å². The maximum absolute atomic E-state index is 14.7. The van der Waals surface area contributed by atoms with Crippen LogP contribution < -0.4 is 42.5 Å². The summed E-state index contributed by atoms with van der Waals surface area (Å²) in [6.45, 7) is 40.6. The van der Waals surface area contributed by atoms with Crippen LogP contribution in [0.1, 0.15) is 255 Å². The van der Waals surface area contributed by atoms with E-state index in [1.165, 1.54) is 34.1 Å². The summed E-state index contributed by atoms with van der Waals surface area (Å²) in [5.41, 5.74) is -5.64. The molecule has 3 fully saturated rings. The average Bonchev–Trinajstić information content (AvgIpc) is 0.907. The van der Waals surface area contributed by atoms with Crippen LogP contribution in [0.3, 0.4) is 0 Å². The molecule has 3 rings (SSSR count). The van der Waals surface area contributed by atoms with E-state index >= 15 is 0 Å². The maximum Gasteiger partial charge on any atom is 0.220 e. The molecular weight excluding hydrogens is 1500 g/mol. The number of ether oxygens (including phenoxy) is 7. The molecule has 1 aliphatic carbocycles. The number of amides is 8. The Balaban J connectivity index is 1.99. The summed E-state index contributed by atoms with van der Waals surface area (Å²) < 4.78 is 42.6. The van der Waals surface area contributed by atoms with Gasteiger partial charge in [0, 0.05) is 84.6 Å². The second kappa shape index (κ2) is 46.9. The highest BCUT2D eigenvalue weighted by molar-refractivity contribution is 5.81. The van der Waals surface area contributed by atoms with Gasteiger partial charge in [0.1, 0.15) is 60.9 Å². The molecule has 2 aliphatic heterocycles. The SMILES string of the molecule is CC(=O)NC1C(OCC(C)(C)CC(C)(C)CNC(=O)CCC(CCC(=O)NCC(C)(C)CC(C)(C)COC2OC(CO)C(O)C(O)C2NC(C)=O)(CCC(=O)NCC(C)(C)CC(C)(C)COC(OC(CO)[C@@H](C)O)[C@H](CO)NC(C)=O)NC(=O)CCCC(=O)NCC(C)(C)CC(C)(C)COC2CCC(C(C)C)C2)OC(CO)C(O)C1O. The molecule has 16 atom stereocenters. The van der Waals surface area contributed by atoms with Gasteiger partial charge in [0.05, 0.1) is 65.1 Å². The van der Waals surface area contributed by atoms with Gasteiger partial charge in [0.15, 0.2) is 18.9 Å². The van der Waals surface area contributed by atoms with Crippen LogP contribution in [0.25, 0.3) is 0 Å². The van der Waals surface area contributed by atoms with Crippen molar-refractivity contribution < 1.29 is 117 Å². The summed E-state index contributed by atoms with van der Waals surface area (Å²) in [6.07, 6.45) is -9.44. The molecule has 0 radical (unpaired) electrons. The smallest absolute Gasteiger partial charge is 0.220 e. The zero-order valence-corrected chi connectivity index (χ0v) is 74.3. The molecule has 14 unspecified atom stereocenters. The molecule has 32 heteroatoms. The fourth-order valence-corrected chi connectivity index (χ4v) is 17.1. The summed E-state index contributed by atoms with van der Waals surface area (Å²) >= 11 is 0. The highest BCUT2D eigenvalue weighted by atomic mass is 16.7. The van der Waals surface area contributed by atoms with Crippen LogP contribution in [-0.2, 0) is 71.5 Å². The summed E-state index contributed by atoms with van der Waals surface area (Å²) in [6, 6.07) is -3.37. The Morgan fingerprint density at radius 3 is 1.14 bits per heavy atom. The van der Waals surface area contributed by atoms with Gasteiger partial charge >= 0.3 is 0 Å². The van der Waals surface area contributed by atoms with E-state index in [-0.39, 0.29) is 120 Å². The van der Waals surface area contributed by atoms with E-state index in [0.717, 1.165) is 19.3 Å².